The molecule has 0 saturated carbocycles. The molecule has 19 heavy (non-hydrogen) atoms. The van der Waals surface area contributed by atoms with E-state index in [-0.39, 0.29) is 11.4 Å². The molecule has 2 rings (SSSR count). The van der Waals surface area contributed by atoms with Crippen LogP contribution in [0.5, 0.6) is 5.88 Å². The van der Waals surface area contributed by atoms with Gasteiger partial charge in [0.2, 0.25) is 5.88 Å². The number of nitrogens with one attached hydrogen (secondary N) is 1. The summed E-state index contributed by atoms with van der Waals surface area (Å²) in [6.07, 6.45) is -0.444. The van der Waals surface area contributed by atoms with Gasteiger partial charge in [-0.15, -0.1) is 0 Å². The minimum atomic E-state index is -0.502. The lowest BCUT2D eigenvalue weighted by Gasteiger charge is -2.10. The number of hydrogen-bond acceptors (Lipinski definition) is 4. The van der Waals surface area contributed by atoms with Crippen LogP contribution in [0.25, 0.3) is 11.1 Å². The van der Waals surface area contributed by atoms with Crippen molar-refractivity contribution in [2.75, 3.05) is 7.11 Å². The molecular formula is C13H13FN2O3. The molecule has 0 aliphatic carbocycles. The molecule has 0 bridgehead atoms. The van der Waals surface area contributed by atoms with Gasteiger partial charge in [0, 0.05) is 7.11 Å². The smallest absolute Gasteiger partial charge is 0.262 e. The lowest BCUT2D eigenvalue weighted by Crippen LogP contribution is -2.16. The van der Waals surface area contributed by atoms with Crippen molar-refractivity contribution in [2.45, 2.75) is 13.0 Å². The van der Waals surface area contributed by atoms with Crippen LogP contribution in [0.3, 0.4) is 0 Å². The molecule has 6 heteroatoms. The molecule has 5 nitrogen and oxygen atoms in total. The summed E-state index contributed by atoms with van der Waals surface area (Å²) in [5, 5.41) is 9.86. The summed E-state index contributed by atoms with van der Waals surface area (Å²) in [5.41, 5.74) is -0.102. The Morgan fingerprint density at radius 1 is 1.37 bits per heavy atom. The van der Waals surface area contributed by atoms with E-state index in [0.717, 1.165) is 0 Å². The van der Waals surface area contributed by atoms with Crippen molar-refractivity contribution in [1.29, 1.82) is 0 Å². The standard InChI is InChI=1S/C13H13FN2O3/c1-7(19-2)11-15-12(17)10(13(18)16-11)8-3-5-9(14)6-4-8/h3-7H,1-2H3,(H2,15,16,17,18). The summed E-state index contributed by atoms with van der Waals surface area (Å²) < 4.78 is 17.9. The van der Waals surface area contributed by atoms with Gasteiger partial charge in [-0.1, -0.05) is 12.1 Å². The summed E-state index contributed by atoms with van der Waals surface area (Å²) in [6.45, 7) is 1.69. The second-order valence-corrected chi connectivity index (χ2v) is 4.03. The monoisotopic (exact) mass is 264 g/mol. The van der Waals surface area contributed by atoms with Gasteiger partial charge in [-0.3, -0.25) is 4.79 Å². The van der Waals surface area contributed by atoms with Crippen molar-refractivity contribution in [3.63, 3.8) is 0 Å². The van der Waals surface area contributed by atoms with Crippen LogP contribution < -0.4 is 5.56 Å². The molecule has 1 heterocycles. The van der Waals surface area contributed by atoms with Crippen LogP contribution in [0.4, 0.5) is 4.39 Å². The number of hydrogen-bond donors (Lipinski definition) is 2. The molecule has 0 fully saturated rings. The maximum Gasteiger partial charge on any atom is 0.262 e. The average molecular weight is 264 g/mol. The molecule has 100 valence electrons. The van der Waals surface area contributed by atoms with E-state index in [1.54, 1.807) is 6.92 Å². The zero-order chi connectivity index (χ0) is 14.0. The Morgan fingerprint density at radius 3 is 2.53 bits per heavy atom. The van der Waals surface area contributed by atoms with E-state index in [2.05, 4.69) is 9.97 Å². The fourth-order valence-electron chi connectivity index (χ4n) is 1.66. The lowest BCUT2D eigenvalue weighted by molar-refractivity contribution is 0.111. The van der Waals surface area contributed by atoms with Crippen LogP contribution in [0.1, 0.15) is 18.9 Å². The largest absolute Gasteiger partial charge is 0.493 e. The molecule has 0 radical (unpaired) electrons. The highest BCUT2D eigenvalue weighted by Crippen LogP contribution is 2.24. The fourth-order valence-corrected chi connectivity index (χ4v) is 1.66. The number of H-pyrrole nitrogens is 1. The molecular weight excluding hydrogens is 251 g/mol. The number of aromatic hydroxyl groups is 1. The predicted octanol–water partition coefficient (Wildman–Crippen LogP) is 1.99. The van der Waals surface area contributed by atoms with Gasteiger partial charge in [0.1, 0.15) is 23.3 Å². The number of nitrogens with zero attached hydrogens (tertiary/aromatic N) is 1. The molecule has 0 aliphatic heterocycles. The van der Waals surface area contributed by atoms with Crippen molar-refractivity contribution in [1.82, 2.24) is 9.97 Å². The highest BCUT2D eigenvalue weighted by atomic mass is 19.1. The molecule has 1 unspecified atom stereocenters. The van der Waals surface area contributed by atoms with E-state index in [4.69, 9.17) is 4.74 Å². The third-order valence-corrected chi connectivity index (χ3v) is 2.79. The molecule has 0 aliphatic rings. The summed E-state index contributed by atoms with van der Waals surface area (Å²) in [5.74, 6) is -0.595. The van der Waals surface area contributed by atoms with Crippen LogP contribution in [-0.4, -0.2) is 22.2 Å². The molecule has 0 saturated heterocycles. The maximum atomic E-state index is 12.8. The average Bonchev–Trinajstić information content (AvgIpc) is 2.39. The van der Waals surface area contributed by atoms with Crippen molar-refractivity contribution >= 4 is 0 Å². The first-order chi connectivity index (χ1) is 9.02. The van der Waals surface area contributed by atoms with Crippen LogP contribution in [0.15, 0.2) is 29.1 Å². The highest BCUT2D eigenvalue weighted by molar-refractivity contribution is 5.67. The normalized spacial score (nSPS) is 12.4. The number of aromatic amines is 1. The summed E-state index contributed by atoms with van der Waals surface area (Å²) in [6, 6.07) is 5.22. The fraction of sp³-hybridized carbons (Fsp3) is 0.231. The Kier molecular flexibility index (Phi) is 3.62. The Bertz CT molecular complexity index is 637. The van der Waals surface area contributed by atoms with E-state index < -0.39 is 23.4 Å². The van der Waals surface area contributed by atoms with Crippen molar-refractivity contribution in [3.8, 4) is 17.0 Å². The number of ether oxygens (including phenoxy) is 1. The van der Waals surface area contributed by atoms with Crippen LogP contribution in [0.2, 0.25) is 0 Å². The molecule has 1 atom stereocenters. The van der Waals surface area contributed by atoms with Gasteiger partial charge in [-0.25, -0.2) is 4.39 Å². The van der Waals surface area contributed by atoms with E-state index in [1.165, 1.54) is 31.4 Å². The van der Waals surface area contributed by atoms with E-state index in [9.17, 15) is 14.3 Å². The van der Waals surface area contributed by atoms with Gasteiger partial charge in [0.25, 0.3) is 5.56 Å². The number of methoxy groups -OCH3 is 1. The predicted molar refractivity (Wildman–Crippen MR) is 67.3 cm³/mol. The quantitative estimate of drug-likeness (QED) is 0.889. The van der Waals surface area contributed by atoms with Crippen molar-refractivity contribution in [3.05, 3.63) is 46.3 Å². The van der Waals surface area contributed by atoms with Crippen LogP contribution >= 0.6 is 0 Å². The van der Waals surface area contributed by atoms with Crippen LogP contribution in [-0.2, 0) is 4.74 Å². The molecule has 0 amide bonds. The molecule has 2 aromatic rings. The second kappa shape index (κ2) is 5.19. The zero-order valence-corrected chi connectivity index (χ0v) is 10.5. The van der Waals surface area contributed by atoms with Gasteiger partial charge in [-0.05, 0) is 24.6 Å². The first-order valence-electron chi connectivity index (χ1n) is 5.65. The van der Waals surface area contributed by atoms with E-state index in [0.29, 0.717) is 5.56 Å². The minimum absolute atomic E-state index is 0.00653. The number of aromatic nitrogens is 2. The molecule has 0 spiro atoms. The number of rotatable bonds is 3. The molecule has 1 aromatic carbocycles. The summed E-state index contributed by atoms with van der Waals surface area (Å²) in [4.78, 5) is 18.4. The Balaban J connectivity index is 2.54. The second-order valence-electron chi connectivity index (χ2n) is 4.03. The van der Waals surface area contributed by atoms with Gasteiger partial charge in [0.05, 0.1) is 0 Å². The van der Waals surface area contributed by atoms with Crippen molar-refractivity contribution < 1.29 is 14.2 Å². The van der Waals surface area contributed by atoms with Crippen molar-refractivity contribution in [2.24, 2.45) is 0 Å². The first-order valence-corrected chi connectivity index (χ1v) is 5.65. The number of halogens is 1. The first kappa shape index (κ1) is 13.2. The highest BCUT2D eigenvalue weighted by Gasteiger charge is 2.15. The maximum absolute atomic E-state index is 12.8. The third-order valence-electron chi connectivity index (χ3n) is 2.79. The molecule has 1 aromatic heterocycles. The van der Waals surface area contributed by atoms with E-state index >= 15 is 0 Å². The summed E-state index contributed by atoms with van der Waals surface area (Å²) in [7, 11) is 1.47. The zero-order valence-electron chi connectivity index (χ0n) is 10.5. The van der Waals surface area contributed by atoms with E-state index in [1.807, 2.05) is 0 Å². The van der Waals surface area contributed by atoms with Crippen LogP contribution in [0, 0.1) is 5.82 Å². The topological polar surface area (TPSA) is 75.2 Å². The molecule has 2 N–H and O–H groups in total. The number of benzene rings is 1. The third kappa shape index (κ3) is 2.63. The summed E-state index contributed by atoms with van der Waals surface area (Å²) >= 11 is 0. The lowest BCUT2D eigenvalue weighted by atomic mass is 10.1. The van der Waals surface area contributed by atoms with Gasteiger partial charge in [0.15, 0.2) is 0 Å². The van der Waals surface area contributed by atoms with Gasteiger partial charge >= 0.3 is 0 Å². The van der Waals surface area contributed by atoms with Gasteiger partial charge < -0.3 is 14.8 Å². The Labute approximate surface area is 108 Å². The Hall–Kier alpha value is -2.21. The minimum Gasteiger partial charge on any atom is -0.493 e. The van der Waals surface area contributed by atoms with Gasteiger partial charge in [-0.2, -0.15) is 4.98 Å². The Morgan fingerprint density at radius 2 is 2.00 bits per heavy atom. The SMILES string of the molecule is COC(C)c1nc(O)c(-c2ccc(F)cc2)c(=O)[nH]1.